The average molecular weight is 378 g/mol. The highest BCUT2D eigenvalue weighted by molar-refractivity contribution is 7.89. The predicted octanol–water partition coefficient (Wildman–Crippen LogP) is 2.97. The second-order valence-corrected chi connectivity index (χ2v) is 8.71. The number of sulfonamides is 1. The molecule has 0 saturated heterocycles. The van der Waals surface area contributed by atoms with Gasteiger partial charge in [-0.05, 0) is 36.1 Å². The van der Waals surface area contributed by atoms with Crippen LogP contribution >= 0.6 is 11.3 Å². The summed E-state index contributed by atoms with van der Waals surface area (Å²) in [6.07, 6.45) is 0. The smallest absolute Gasteiger partial charge is 0.246 e. The molecule has 0 atom stereocenters. The van der Waals surface area contributed by atoms with Gasteiger partial charge in [0.05, 0.1) is 16.3 Å². The summed E-state index contributed by atoms with van der Waals surface area (Å²) in [4.78, 5) is 5.51. The Morgan fingerprint density at radius 2 is 2.08 bits per heavy atom. The maximum absolute atomic E-state index is 12.3. The Labute approximate surface area is 150 Å². The number of hydrogen-bond acceptors (Lipinski definition) is 7. The highest BCUT2D eigenvalue weighted by Crippen LogP contribution is 2.24. The fourth-order valence-corrected chi connectivity index (χ4v) is 3.74. The molecule has 0 unspecified atom stereocenters. The van der Waals surface area contributed by atoms with Gasteiger partial charge >= 0.3 is 0 Å². The number of aryl methyl sites for hydroxylation is 1. The Bertz CT molecular complexity index is 963. The Morgan fingerprint density at radius 3 is 2.76 bits per heavy atom. The first-order valence-corrected chi connectivity index (χ1v) is 9.83. The zero-order valence-corrected chi connectivity index (χ0v) is 15.7. The lowest BCUT2D eigenvalue weighted by atomic mass is 10.2. The molecule has 0 amide bonds. The molecule has 1 aromatic carbocycles. The number of anilines is 1. The Balaban J connectivity index is 1.77. The van der Waals surface area contributed by atoms with Gasteiger partial charge in [0.25, 0.3) is 0 Å². The molecule has 9 heteroatoms. The van der Waals surface area contributed by atoms with E-state index in [0.29, 0.717) is 23.9 Å². The van der Waals surface area contributed by atoms with E-state index in [1.807, 2.05) is 24.4 Å². The molecule has 0 aliphatic rings. The minimum absolute atomic E-state index is 0.232. The van der Waals surface area contributed by atoms with Crippen molar-refractivity contribution in [2.45, 2.75) is 18.4 Å². The van der Waals surface area contributed by atoms with E-state index in [1.54, 1.807) is 18.2 Å². The number of aromatic nitrogens is 2. The number of nitrogens with zero attached hydrogens (tertiary/aromatic N) is 3. The number of thiophene rings is 1. The van der Waals surface area contributed by atoms with E-state index < -0.39 is 10.0 Å². The number of rotatable bonds is 6. The van der Waals surface area contributed by atoms with Crippen molar-refractivity contribution in [1.82, 2.24) is 14.4 Å². The van der Waals surface area contributed by atoms with E-state index in [1.165, 1.54) is 29.7 Å². The van der Waals surface area contributed by atoms with Crippen LogP contribution in [0, 0.1) is 6.92 Å². The molecule has 0 radical (unpaired) electrons. The Kier molecular flexibility index (Phi) is 4.89. The summed E-state index contributed by atoms with van der Waals surface area (Å²) in [5.41, 5.74) is 1.63. The fraction of sp³-hybridized carbons (Fsp3) is 0.250. The molecule has 132 valence electrons. The number of hydrogen-bond donors (Lipinski definition) is 1. The van der Waals surface area contributed by atoms with Gasteiger partial charge in [0.2, 0.25) is 21.7 Å². The summed E-state index contributed by atoms with van der Waals surface area (Å²) in [5.74, 6) is 0.983. The van der Waals surface area contributed by atoms with Crippen LogP contribution in [0.3, 0.4) is 0 Å². The van der Waals surface area contributed by atoms with Crippen molar-refractivity contribution in [2.75, 3.05) is 19.4 Å². The summed E-state index contributed by atoms with van der Waals surface area (Å²) in [6, 6.07) is 8.82. The van der Waals surface area contributed by atoms with Gasteiger partial charge in [0.15, 0.2) is 0 Å². The van der Waals surface area contributed by atoms with Gasteiger partial charge in [-0.1, -0.05) is 17.3 Å². The maximum Gasteiger partial charge on any atom is 0.246 e. The van der Waals surface area contributed by atoms with Crippen molar-refractivity contribution in [3.63, 3.8) is 0 Å². The zero-order chi connectivity index (χ0) is 18.0. The van der Waals surface area contributed by atoms with Gasteiger partial charge < -0.3 is 9.84 Å². The van der Waals surface area contributed by atoms with Crippen LogP contribution in [0.15, 0.2) is 45.1 Å². The molecule has 2 aromatic heterocycles. The highest BCUT2D eigenvalue weighted by Gasteiger charge is 2.18. The van der Waals surface area contributed by atoms with Crippen LogP contribution in [-0.4, -0.2) is 37.0 Å². The lowest BCUT2D eigenvalue weighted by Crippen LogP contribution is -2.22. The summed E-state index contributed by atoms with van der Waals surface area (Å²) in [6.45, 7) is 2.21. The van der Waals surface area contributed by atoms with Crippen LogP contribution in [-0.2, 0) is 16.6 Å². The molecular weight excluding hydrogens is 360 g/mol. The van der Waals surface area contributed by atoms with Gasteiger partial charge in [-0.3, -0.25) is 0 Å². The quantitative estimate of drug-likeness (QED) is 0.709. The molecule has 3 rings (SSSR count). The molecule has 7 nitrogen and oxygen atoms in total. The minimum atomic E-state index is -3.48. The normalized spacial score (nSPS) is 11.8. The zero-order valence-electron chi connectivity index (χ0n) is 14.1. The van der Waals surface area contributed by atoms with Crippen molar-refractivity contribution in [1.29, 1.82) is 0 Å². The maximum atomic E-state index is 12.3. The first-order chi connectivity index (χ1) is 11.9. The van der Waals surface area contributed by atoms with E-state index in [2.05, 4.69) is 15.5 Å². The molecular formula is C16H18N4O3S2. The van der Waals surface area contributed by atoms with Gasteiger partial charge in [-0.15, -0.1) is 11.3 Å². The van der Waals surface area contributed by atoms with E-state index in [4.69, 9.17) is 4.52 Å². The molecule has 0 aliphatic carbocycles. The van der Waals surface area contributed by atoms with Gasteiger partial charge in [-0.2, -0.15) is 4.98 Å². The summed E-state index contributed by atoms with van der Waals surface area (Å²) in [7, 11) is -0.468. The molecule has 2 heterocycles. The molecule has 3 aromatic rings. The van der Waals surface area contributed by atoms with Crippen LogP contribution < -0.4 is 5.32 Å². The van der Waals surface area contributed by atoms with Crippen LogP contribution in [0.2, 0.25) is 0 Å². The predicted molar refractivity (Wildman–Crippen MR) is 97.0 cm³/mol. The molecule has 25 heavy (non-hydrogen) atoms. The minimum Gasteiger partial charge on any atom is -0.376 e. The Morgan fingerprint density at radius 1 is 1.28 bits per heavy atom. The number of nitrogens with one attached hydrogen (secondary N) is 1. The molecule has 0 fully saturated rings. The standard InChI is InChI=1S/C16H18N4O3S2/c1-11-6-7-12(25(21,22)20(2)3)9-13(11)17-10-15-18-16(19-23-15)14-5-4-8-24-14/h4-9,17H,10H2,1-3H3. The van der Waals surface area contributed by atoms with Crippen molar-refractivity contribution < 1.29 is 12.9 Å². The lowest BCUT2D eigenvalue weighted by molar-refractivity contribution is 0.384. The highest BCUT2D eigenvalue weighted by atomic mass is 32.2. The van der Waals surface area contributed by atoms with Crippen molar-refractivity contribution >= 4 is 27.0 Å². The van der Waals surface area contributed by atoms with Crippen LogP contribution in [0.1, 0.15) is 11.5 Å². The second-order valence-electron chi connectivity index (χ2n) is 5.61. The van der Waals surface area contributed by atoms with Crippen LogP contribution in [0.4, 0.5) is 5.69 Å². The van der Waals surface area contributed by atoms with Crippen molar-refractivity contribution in [3.8, 4) is 10.7 Å². The third kappa shape index (κ3) is 3.73. The SMILES string of the molecule is Cc1ccc(S(=O)(=O)N(C)C)cc1NCc1nc(-c2cccs2)no1. The first-order valence-electron chi connectivity index (χ1n) is 7.51. The van der Waals surface area contributed by atoms with E-state index in [-0.39, 0.29) is 4.90 Å². The first kappa shape index (κ1) is 17.6. The Hall–Kier alpha value is -2.23. The third-order valence-electron chi connectivity index (χ3n) is 3.63. The third-order valence-corrected chi connectivity index (χ3v) is 6.30. The van der Waals surface area contributed by atoms with Crippen molar-refractivity contribution in [2.24, 2.45) is 0 Å². The van der Waals surface area contributed by atoms with Crippen LogP contribution in [0.5, 0.6) is 0 Å². The molecule has 0 spiro atoms. The average Bonchev–Trinajstić information content (AvgIpc) is 3.25. The molecule has 1 N–H and O–H groups in total. The van der Waals surface area contributed by atoms with E-state index in [9.17, 15) is 8.42 Å². The lowest BCUT2D eigenvalue weighted by Gasteiger charge is -2.14. The van der Waals surface area contributed by atoms with Gasteiger partial charge in [0, 0.05) is 19.8 Å². The topological polar surface area (TPSA) is 88.3 Å². The molecule has 0 aliphatic heterocycles. The number of benzene rings is 1. The monoisotopic (exact) mass is 378 g/mol. The summed E-state index contributed by atoms with van der Waals surface area (Å²) >= 11 is 1.54. The second kappa shape index (κ2) is 6.95. The van der Waals surface area contributed by atoms with E-state index >= 15 is 0 Å². The van der Waals surface area contributed by atoms with E-state index in [0.717, 1.165) is 10.4 Å². The summed E-state index contributed by atoms with van der Waals surface area (Å²) < 4.78 is 31.0. The summed E-state index contributed by atoms with van der Waals surface area (Å²) in [5, 5.41) is 9.07. The largest absolute Gasteiger partial charge is 0.376 e. The molecule has 0 saturated carbocycles. The van der Waals surface area contributed by atoms with Gasteiger partial charge in [0.1, 0.15) is 0 Å². The van der Waals surface area contributed by atoms with Crippen LogP contribution in [0.25, 0.3) is 10.7 Å². The van der Waals surface area contributed by atoms with Gasteiger partial charge in [-0.25, -0.2) is 12.7 Å². The molecule has 0 bridgehead atoms. The fourth-order valence-electron chi connectivity index (χ4n) is 2.17. The van der Waals surface area contributed by atoms with Crippen molar-refractivity contribution in [3.05, 3.63) is 47.2 Å².